The Balaban J connectivity index is 1.16. The molecule has 206 valence electrons. The summed E-state index contributed by atoms with van der Waals surface area (Å²) in [5.41, 5.74) is 4.55. The molecule has 2 aromatic heterocycles. The molecule has 0 unspecified atom stereocenters. The Kier molecular flexibility index (Phi) is 5.71. The van der Waals surface area contributed by atoms with Gasteiger partial charge < -0.3 is 0 Å². The van der Waals surface area contributed by atoms with E-state index in [1.807, 2.05) is 17.5 Å². The van der Waals surface area contributed by atoms with Crippen molar-refractivity contribution in [1.82, 2.24) is 4.98 Å². The Bertz CT molecular complexity index is 2490. The SMILES string of the molecule is c1ccc(N(c2ccc(-c3ccc4ccc5ccc6ccccc6c5c4c3)cc2)c2cc3sc4ccccc4c3cn2)cc1. The number of fused-ring (bicyclic) bond motifs is 8. The van der Waals surface area contributed by atoms with E-state index in [2.05, 4.69) is 157 Å². The molecule has 9 rings (SSSR count). The van der Waals surface area contributed by atoms with Crippen molar-refractivity contribution < 1.29 is 0 Å². The van der Waals surface area contributed by atoms with Crippen LogP contribution in [0.15, 0.2) is 158 Å². The Morgan fingerprint density at radius 1 is 0.432 bits per heavy atom. The smallest absolute Gasteiger partial charge is 0.138 e. The lowest BCUT2D eigenvalue weighted by molar-refractivity contribution is 1.19. The molecule has 44 heavy (non-hydrogen) atoms. The van der Waals surface area contributed by atoms with Crippen LogP contribution >= 0.6 is 11.3 Å². The lowest BCUT2D eigenvalue weighted by Crippen LogP contribution is -2.11. The molecule has 7 aromatic carbocycles. The fourth-order valence-corrected chi connectivity index (χ4v) is 7.64. The van der Waals surface area contributed by atoms with Crippen LogP contribution in [0.3, 0.4) is 0 Å². The van der Waals surface area contributed by atoms with Gasteiger partial charge in [0.05, 0.1) is 0 Å². The molecule has 2 heterocycles. The van der Waals surface area contributed by atoms with Crippen LogP contribution in [-0.4, -0.2) is 4.98 Å². The second-order valence-electron chi connectivity index (χ2n) is 11.2. The van der Waals surface area contributed by atoms with Gasteiger partial charge in [-0.2, -0.15) is 0 Å². The zero-order valence-electron chi connectivity index (χ0n) is 23.8. The topological polar surface area (TPSA) is 16.1 Å². The van der Waals surface area contributed by atoms with Gasteiger partial charge in [0.25, 0.3) is 0 Å². The van der Waals surface area contributed by atoms with E-state index in [9.17, 15) is 0 Å². The van der Waals surface area contributed by atoms with Gasteiger partial charge in [-0.25, -0.2) is 4.98 Å². The van der Waals surface area contributed by atoms with E-state index >= 15 is 0 Å². The summed E-state index contributed by atoms with van der Waals surface area (Å²) < 4.78 is 2.53. The van der Waals surface area contributed by atoms with E-state index < -0.39 is 0 Å². The predicted molar refractivity (Wildman–Crippen MR) is 190 cm³/mol. The number of benzene rings is 7. The molecule has 0 bridgehead atoms. The van der Waals surface area contributed by atoms with Gasteiger partial charge in [-0.05, 0) is 85.9 Å². The highest BCUT2D eigenvalue weighted by Gasteiger charge is 2.16. The van der Waals surface area contributed by atoms with E-state index in [1.165, 1.54) is 63.6 Å². The number of aromatic nitrogens is 1. The fraction of sp³-hybridized carbons (Fsp3) is 0. The van der Waals surface area contributed by atoms with Crippen molar-refractivity contribution in [1.29, 1.82) is 0 Å². The van der Waals surface area contributed by atoms with Gasteiger partial charge in [0.15, 0.2) is 0 Å². The van der Waals surface area contributed by atoms with E-state index in [1.54, 1.807) is 0 Å². The van der Waals surface area contributed by atoms with Crippen LogP contribution < -0.4 is 4.90 Å². The molecule has 0 aliphatic rings. The Morgan fingerprint density at radius 3 is 1.91 bits per heavy atom. The second kappa shape index (κ2) is 10.0. The maximum atomic E-state index is 4.98. The first kappa shape index (κ1) is 25.0. The molecule has 0 fully saturated rings. The highest BCUT2D eigenvalue weighted by atomic mass is 32.1. The largest absolute Gasteiger partial charge is 0.295 e. The summed E-state index contributed by atoms with van der Waals surface area (Å²) >= 11 is 1.82. The molecular formula is C41H26N2S. The van der Waals surface area contributed by atoms with Crippen LogP contribution in [0.4, 0.5) is 17.2 Å². The van der Waals surface area contributed by atoms with Crippen LogP contribution in [0, 0.1) is 0 Å². The quantitative estimate of drug-likeness (QED) is 0.193. The molecule has 0 amide bonds. The number of pyridine rings is 1. The van der Waals surface area contributed by atoms with Crippen molar-refractivity contribution in [2.45, 2.75) is 0 Å². The van der Waals surface area contributed by atoms with E-state index in [0.29, 0.717) is 0 Å². The summed E-state index contributed by atoms with van der Waals surface area (Å²) in [6, 6.07) is 54.6. The third-order valence-corrected chi connectivity index (χ3v) is 9.81. The first-order valence-corrected chi connectivity index (χ1v) is 15.7. The number of hydrogen-bond acceptors (Lipinski definition) is 3. The highest BCUT2D eigenvalue weighted by Crippen LogP contribution is 2.40. The lowest BCUT2D eigenvalue weighted by Gasteiger charge is -2.24. The Labute approximate surface area is 259 Å². The summed E-state index contributed by atoms with van der Waals surface area (Å²) in [5.74, 6) is 0.909. The Hall–Kier alpha value is -5.51. The third-order valence-electron chi connectivity index (χ3n) is 8.68. The molecule has 0 spiro atoms. The molecule has 3 heteroatoms. The van der Waals surface area contributed by atoms with Crippen LogP contribution in [0.2, 0.25) is 0 Å². The van der Waals surface area contributed by atoms with Crippen molar-refractivity contribution >= 4 is 81.0 Å². The third kappa shape index (κ3) is 4.05. The maximum Gasteiger partial charge on any atom is 0.138 e. The van der Waals surface area contributed by atoms with E-state index in [0.717, 1.165) is 17.2 Å². The summed E-state index contributed by atoms with van der Waals surface area (Å²) in [4.78, 5) is 7.23. The zero-order chi connectivity index (χ0) is 29.0. The number of para-hydroxylation sites is 1. The molecular weight excluding hydrogens is 553 g/mol. The normalized spacial score (nSPS) is 11.6. The molecule has 0 radical (unpaired) electrons. The monoisotopic (exact) mass is 578 g/mol. The van der Waals surface area contributed by atoms with Gasteiger partial charge in [0.2, 0.25) is 0 Å². The zero-order valence-corrected chi connectivity index (χ0v) is 24.6. The van der Waals surface area contributed by atoms with E-state index in [-0.39, 0.29) is 0 Å². The van der Waals surface area contributed by atoms with Crippen molar-refractivity contribution in [3.63, 3.8) is 0 Å². The average molecular weight is 579 g/mol. The van der Waals surface area contributed by atoms with Crippen LogP contribution in [0.1, 0.15) is 0 Å². The molecule has 0 N–H and O–H groups in total. The van der Waals surface area contributed by atoms with Crippen LogP contribution in [0.5, 0.6) is 0 Å². The number of hydrogen-bond donors (Lipinski definition) is 0. The molecule has 0 saturated carbocycles. The molecule has 0 aliphatic heterocycles. The van der Waals surface area contributed by atoms with Crippen molar-refractivity contribution in [3.05, 3.63) is 158 Å². The minimum absolute atomic E-state index is 0.909. The first-order chi connectivity index (χ1) is 21.8. The van der Waals surface area contributed by atoms with Crippen molar-refractivity contribution in [2.75, 3.05) is 4.90 Å². The number of rotatable bonds is 4. The van der Waals surface area contributed by atoms with Crippen LogP contribution in [0.25, 0.3) is 63.6 Å². The van der Waals surface area contributed by atoms with Gasteiger partial charge in [0.1, 0.15) is 5.82 Å². The predicted octanol–water partition coefficient (Wildman–Crippen LogP) is 12.0. The summed E-state index contributed by atoms with van der Waals surface area (Å²) in [6.07, 6.45) is 2.02. The molecule has 0 aliphatic carbocycles. The maximum absolute atomic E-state index is 4.98. The average Bonchev–Trinajstić information content (AvgIpc) is 3.46. The minimum atomic E-state index is 0.909. The lowest BCUT2D eigenvalue weighted by atomic mass is 9.94. The number of nitrogens with zero attached hydrogens (tertiary/aromatic N) is 2. The van der Waals surface area contributed by atoms with Gasteiger partial charge >= 0.3 is 0 Å². The van der Waals surface area contributed by atoms with E-state index in [4.69, 9.17) is 4.98 Å². The molecule has 0 saturated heterocycles. The summed E-state index contributed by atoms with van der Waals surface area (Å²) in [5, 5.41) is 10.2. The fourth-order valence-electron chi connectivity index (χ4n) is 6.53. The molecule has 0 atom stereocenters. The first-order valence-electron chi connectivity index (χ1n) is 14.9. The van der Waals surface area contributed by atoms with Crippen molar-refractivity contribution in [2.24, 2.45) is 0 Å². The van der Waals surface area contributed by atoms with Gasteiger partial charge in [-0.1, -0.05) is 109 Å². The molecule has 9 aromatic rings. The number of thiophene rings is 1. The second-order valence-corrected chi connectivity index (χ2v) is 12.3. The Morgan fingerprint density at radius 2 is 1.07 bits per heavy atom. The van der Waals surface area contributed by atoms with Gasteiger partial charge in [0, 0.05) is 37.7 Å². The summed E-state index contributed by atoms with van der Waals surface area (Å²) in [6.45, 7) is 0. The standard InChI is InChI=1S/C41H26N2S/c1-2-9-32(10-3-1)43(40-25-39-37(26-42-40)35-12-6-7-13-38(35)44-39)33-22-20-27(21-23-33)31-19-16-29-15-18-30-17-14-28-8-4-5-11-34(28)41(30)36(29)24-31/h1-26H. The van der Waals surface area contributed by atoms with Crippen molar-refractivity contribution in [3.8, 4) is 11.1 Å². The van der Waals surface area contributed by atoms with Crippen LogP contribution in [-0.2, 0) is 0 Å². The van der Waals surface area contributed by atoms with Gasteiger partial charge in [-0.3, -0.25) is 4.90 Å². The number of anilines is 3. The highest BCUT2D eigenvalue weighted by molar-refractivity contribution is 7.25. The summed E-state index contributed by atoms with van der Waals surface area (Å²) in [7, 11) is 0. The minimum Gasteiger partial charge on any atom is -0.295 e. The molecule has 2 nitrogen and oxygen atoms in total. The van der Waals surface area contributed by atoms with Gasteiger partial charge in [-0.15, -0.1) is 11.3 Å².